The van der Waals surface area contributed by atoms with Gasteiger partial charge in [-0.25, -0.2) is 9.97 Å². The number of thiazole rings is 2. The third-order valence-corrected chi connectivity index (χ3v) is 6.89. The molecule has 0 atom stereocenters. The van der Waals surface area contributed by atoms with Gasteiger partial charge in [0.25, 0.3) is 5.91 Å². The van der Waals surface area contributed by atoms with E-state index < -0.39 is 0 Å². The third kappa shape index (κ3) is 4.97. The van der Waals surface area contributed by atoms with Crippen LogP contribution in [0.1, 0.15) is 26.1 Å². The summed E-state index contributed by atoms with van der Waals surface area (Å²) in [6.07, 6.45) is 7.80. The molecule has 4 heterocycles. The number of hydrogen-bond donors (Lipinski definition) is 2. The number of amides is 1. The number of hydrogen-bond acceptors (Lipinski definition) is 8. The number of aromatic nitrogens is 2. The number of carbonyl (C=O) groups is 1. The van der Waals surface area contributed by atoms with E-state index in [0.29, 0.717) is 12.2 Å². The Bertz CT molecular complexity index is 947. The topological polar surface area (TPSA) is 73.4 Å². The van der Waals surface area contributed by atoms with E-state index in [4.69, 9.17) is 0 Å². The summed E-state index contributed by atoms with van der Waals surface area (Å²) in [6, 6.07) is 0. The van der Waals surface area contributed by atoms with E-state index in [1.807, 2.05) is 36.6 Å². The Morgan fingerprint density at radius 1 is 1.30 bits per heavy atom. The van der Waals surface area contributed by atoms with Gasteiger partial charge in [-0.05, 0) is 13.0 Å². The van der Waals surface area contributed by atoms with E-state index in [-0.39, 0.29) is 5.91 Å². The summed E-state index contributed by atoms with van der Waals surface area (Å²) in [5, 5.41) is 10.0. The van der Waals surface area contributed by atoms with E-state index in [1.54, 1.807) is 11.3 Å². The Morgan fingerprint density at radius 3 is 2.93 bits per heavy atom. The van der Waals surface area contributed by atoms with Gasteiger partial charge >= 0.3 is 0 Å². The predicted octanol–water partition coefficient (Wildman–Crippen LogP) is 2.69. The molecule has 2 aromatic rings. The van der Waals surface area contributed by atoms with Gasteiger partial charge in [-0.2, -0.15) is 0 Å². The first-order valence-electron chi connectivity index (χ1n) is 10.0. The lowest BCUT2D eigenvalue weighted by Crippen LogP contribution is -2.42. The third-order valence-electron chi connectivity index (χ3n) is 4.99. The van der Waals surface area contributed by atoms with Gasteiger partial charge in [0.15, 0.2) is 5.13 Å². The first-order valence-corrected chi connectivity index (χ1v) is 11.7. The monoisotopic (exact) mass is 442 g/mol. The van der Waals surface area contributed by atoms with Crippen molar-refractivity contribution in [2.45, 2.75) is 20.0 Å². The molecule has 1 saturated heterocycles. The van der Waals surface area contributed by atoms with Gasteiger partial charge in [0.05, 0.1) is 23.8 Å². The minimum atomic E-state index is -0.153. The van der Waals surface area contributed by atoms with Crippen LogP contribution >= 0.6 is 22.7 Å². The number of anilines is 1. The molecule has 7 nitrogen and oxygen atoms in total. The van der Waals surface area contributed by atoms with Crippen molar-refractivity contribution >= 4 is 33.7 Å². The lowest BCUT2D eigenvalue weighted by Gasteiger charge is -2.29. The van der Waals surface area contributed by atoms with Crippen LogP contribution < -0.4 is 15.5 Å². The fourth-order valence-electron chi connectivity index (χ4n) is 3.43. The van der Waals surface area contributed by atoms with Crippen molar-refractivity contribution in [2.24, 2.45) is 0 Å². The number of nitrogens with zero attached hydrogens (tertiary/aromatic N) is 4. The normalized spacial score (nSPS) is 16.6. The number of fused-ring (bicyclic) bond motifs is 1. The summed E-state index contributed by atoms with van der Waals surface area (Å²) in [5.74, 6) is -0.153. The van der Waals surface area contributed by atoms with Crippen LogP contribution in [-0.2, 0) is 13.1 Å². The van der Waals surface area contributed by atoms with Gasteiger partial charge in [0, 0.05) is 48.7 Å². The minimum absolute atomic E-state index is 0.153. The van der Waals surface area contributed by atoms with Crippen LogP contribution in [0.3, 0.4) is 0 Å². The minimum Gasteiger partial charge on any atom is -0.369 e. The molecule has 158 valence electrons. The summed E-state index contributed by atoms with van der Waals surface area (Å²) < 4.78 is 0. The summed E-state index contributed by atoms with van der Waals surface area (Å²) in [6.45, 7) is 12.2. The van der Waals surface area contributed by atoms with Crippen LogP contribution in [0.2, 0.25) is 0 Å². The van der Waals surface area contributed by atoms with Crippen molar-refractivity contribution in [3.63, 3.8) is 0 Å². The molecule has 2 aliphatic heterocycles. The summed E-state index contributed by atoms with van der Waals surface area (Å²) in [4.78, 5) is 27.2. The fourth-order valence-corrected chi connectivity index (χ4v) is 5.20. The number of aryl methyl sites for hydroxylation is 1. The maximum atomic E-state index is 12.4. The van der Waals surface area contributed by atoms with Crippen LogP contribution in [0.5, 0.6) is 0 Å². The van der Waals surface area contributed by atoms with Gasteiger partial charge in [0.2, 0.25) is 0 Å². The number of allylic oxidation sites excluding steroid dienone is 3. The van der Waals surface area contributed by atoms with Crippen molar-refractivity contribution in [1.29, 1.82) is 0 Å². The Kier molecular flexibility index (Phi) is 6.61. The summed E-state index contributed by atoms with van der Waals surface area (Å²) in [7, 11) is 0. The van der Waals surface area contributed by atoms with Crippen LogP contribution in [0.25, 0.3) is 0 Å². The molecule has 2 aromatic heterocycles. The molecule has 30 heavy (non-hydrogen) atoms. The van der Waals surface area contributed by atoms with Crippen LogP contribution in [-0.4, -0.2) is 53.5 Å². The maximum absolute atomic E-state index is 12.4. The Labute approximate surface area is 184 Å². The largest absolute Gasteiger partial charge is 0.369 e. The Balaban J connectivity index is 1.21. The zero-order valence-electron chi connectivity index (χ0n) is 17.1. The number of carbonyl (C=O) groups excluding carboxylic acids is 1. The zero-order valence-corrected chi connectivity index (χ0v) is 18.7. The molecule has 9 heteroatoms. The van der Waals surface area contributed by atoms with E-state index in [9.17, 15) is 4.79 Å². The van der Waals surface area contributed by atoms with Crippen LogP contribution in [0.4, 0.5) is 5.13 Å². The lowest BCUT2D eigenvalue weighted by atomic mass is 10.3. The molecular formula is C21H26N6OS2. The van der Waals surface area contributed by atoms with E-state index in [1.165, 1.54) is 16.2 Å². The molecule has 0 unspecified atom stereocenters. The molecule has 1 amide bonds. The molecule has 2 N–H and O–H groups in total. The quantitative estimate of drug-likeness (QED) is 0.643. The van der Waals surface area contributed by atoms with Crippen molar-refractivity contribution in [3.8, 4) is 0 Å². The second kappa shape index (κ2) is 9.55. The Hall–Kier alpha value is -2.49. The molecule has 0 aliphatic carbocycles. The van der Waals surface area contributed by atoms with Crippen LogP contribution in [0.15, 0.2) is 42.0 Å². The maximum Gasteiger partial charge on any atom is 0.271 e. The molecular weight excluding hydrogens is 416 g/mol. The molecule has 0 radical (unpaired) electrons. The van der Waals surface area contributed by atoms with Gasteiger partial charge < -0.3 is 20.4 Å². The molecule has 0 spiro atoms. The van der Waals surface area contributed by atoms with Crippen molar-refractivity contribution in [2.75, 3.05) is 37.6 Å². The van der Waals surface area contributed by atoms with Gasteiger partial charge in [0.1, 0.15) is 5.69 Å². The number of piperazine rings is 1. The first-order chi connectivity index (χ1) is 14.6. The average Bonchev–Trinajstić information content (AvgIpc) is 3.45. The van der Waals surface area contributed by atoms with Crippen molar-refractivity contribution in [3.05, 3.63) is 63.2 Å². The van der Waals surface area contributed by atoms with E-state index >= 15 is 0 Å². The first kappa shape index (κ1) is 20.8. The predicted molar refractivity (Wildman–Crippen MR) is 123 cm³/mol. The molecule has 0 aromatic carbocycles. The number of rotatable bonds is 7. The second-order valence-corrected chi connectivity index (χ2v) is 9.32. The summed E-state index contributed by atoms with van der Waals surface area (Å²) in [5.41, 5.74) is 2.61. The lowest BCUT2D eigenvalue weighted by molar-refractivity contribution is 0.0954. The highest BCUT2D eigenvalue weighted by Crippen LogP contribution is 2.33. The zero-order chi connectivity index (χ0) is 20.9. The summed E-state index contributed by atoms with van der Waals surface area (Å²) >= 11 is 3.24. The standard InChI is InChI=1S/C21H26N6OS2/c1-15(26-10-8-22-9-11-26)6-4-3-5-7-23-20(28)18-14-29-21(25-18)27-12-17-19(13-27)30-16(2)24-17/h3-6,14,22H,1,7-13H2,2H3,(H,23,28)/b5-3-,6-4-. The van der Waals surface area contributed by atoms with Gasteiger partial charge in [-0.3, -0.25) is 4.79 Å². The van der Waals surface area contributed by atoms with Crippen molar-refractivity contribution < 1.29 is 4.79 Å². The van der Waals surface area contributed by atoms with Gasteiger partial charge in [-0.1, -0.05) is 24.8 Å². The molecule has 0 bridgehead atoms. The molecule has 0 saturated carbocycles. The highest BCUT2D eigenvalue weighted by molar-refractivity contribution is 7.14. The Morgan fingerprint density at radius 2 is 2.13 bits per heavy atom. The van der Waals surface area contributed by atoms with Crippen LogP contribution in [0, 0.1) is 6.92 Å². The van der Waals surface area contributed by atoms with Crippen molar-refractivity contribution in [1.82, 2.24) is 25.5 Å². The smallest absolute Gasteiger partial charge is 0.271 e. The molecule has 4 rings (SSSR count). The highest BCUT2D eigenvalue weighted by Gasteiger charge is 2.25. The molecule has 2 aliphatic rings. The van der Waals surface area contributed by atoms with E-state index in [2.05, 4.69) is 37.0 Å². The van der Waals surface area contributed by atoms with E-state index in [0.717, 1.165) is 60.8 Å². The fraction of sp³-hybridized carbons (Fsp3) is 0.381. The molecule has 1 fully saturated rings. The van der Waals surface area contributed by atoms with Gasteiger partial charge in [-0.15, -0.1) is 22.7 Å². The number of nitrogens with one attached hydrogen (secondary N) is 2. The SMILES string of the molecule is C=C(/C=C\C=C/CNC(=O)c1csc(N2Cc3nc(C)sc3C2)n1)N1CCNCC1. The second-order valence-electron chi connectivity index (χ2n) is 7.20. The average molecular weight is 443 g/mol. The highest BCUT2D eigenvalue weighted by atomic mass is 32.1.